The van der Waals surface area contributed by atoms with Gasteiger partial charge in [-0.3, -0.25) is 5.01 Å². The highest BCUT2D eigenvalue weighted by atomic mass is 15.5. The van der Waals surface area contributed by atoms with Gasteiger partial charge in [0.15, 0.2) is 0 Å². The van der Waals surface area contributed by atoms with E-state index in [1.165, 1.54) is 36.8 Å². The number of fused-ring (bicyclic) bond motifs is 3. The van der Waals surface area contributed by atoms with E-state index < -0.39 is 0 Å². The molecule has 1 saturated carbocycles. The highest BCUT2D eigenvalue weighted by molar-refractivity contribution is 5.32. The summed E-state index contributed by atoms with van der Waals surface area (Å²) in [5.41, 5.74) is 13.1. The summed E-state index contributed by atoms with van der Waals surface area (Å²) in [7, 11) is 4.16. The van der Waals surface area contributed by atoms with Crippen LogP contribution in [0.1, 0.15) is 24.0 Å². The Bertz CT molecular complexity index is 422. The molecule has 0 aromatic heterocycles. The molecule has 3 heteroatoms. The molecule has 2 aliphatic carbocycles. The molecule has 1 aromatic carbocycles. The first-order valence-corrected chi connectivity index (χ1v) is 7.37. The summed E-state index contributed by atoms with van der Waals surface area (Å²) < 4.78 is 0. The Morgan fingerprint density at radius 3 is 2.11 bits per heavy atom. The van der Waals surface area contributed by atoms with E-state index in [9.17, 15) is 0 Å². The summed E-state index contributed by atoms with van der Waals surface area (Å²) in [6.45, 7) is 0.731. The third-order valence-corrected chi connectivity index (χ3v) is 5.14. The first-order chi connectivity index (χ1) is 9.15. The lowest BCUT2D eigenvalue weighted by molar-refractivity contribution is 0.0913. The summed E-state index contributed by atoms with van der Waals surface area (Å²) in [4.78, 5) is 0. The molecule has 0 amide bonds. The van der Waals surface area contributed by atoms with E-state index in [1.54, 1.807) is 0 Å². The molecule has 0 aliphatic heterocycles. The van der Waals surface area contributed by atoms with Gasteiger partial charge in [-0.15, -0.1) is 0 Å². The second kappa shape index (κ2) is 4.89. The second-order valence-electron chi connectivity index (χ2n) is 6.40. The van der Waals surface area contributed by atoms with Crippen molar-refractivity contribution in [3.8, 4) is 0 Å². The Kier molecular flexibility index (Phi) is 3.37. The molecule has 0 radical (unpaired) electrons. The van der Waals surface area contributed by atoms with Gasteiger partial charge in [0.25, 0.3) is 0 Å². The van der Waals surface area contributed by atoms with E-state index in [0.717, 1.165) is 6.54 Å². The third kappa shape index (κ3) is 2.10. The van der Waals surface area contributed by atoms with E-state index in [2.05, 4.69) is 48.8 Å². The Morgan fingerprint density at radius 1 is 1.16 bits per heavy atom. The number of nitrogens with zero attached hydrogens (tertiary/aromatic N) is 1. The molecular weight excluding hydrogens is 234 g/mol. The van der Waals surface area contributed by atoms with Gasteiger partial charge in [0.2, 0.25) is 0 Å². The maximum absolute atomic E-state index is 6.22. The third-order valence-electron chi connectivity index (χ3n) is 5.14. The molecule has 19 heavy (non-hydrogen) atoms. The van der Waals surface area contributed by atoms with Crippen molar-refractivity contribution in [2.75, 3.05) is 20.6 Å². The van der Waals surface area contributed by atoms with Crippen molar-refractivity contribution in [2.45, 2.75) is 31.2 Å². The molecule has 2 bridgehead atoms. The van der Waals surface area contributed by atoms with E-state index >= 15 is 0 Å². The minimum atomic E-state index is 0.0858. The van der Waals surface area contributed by atoms with Crippen LogP contribution in [0, 0.1) is 11.8 Å². The lowest BCUT2D eigenvalue weighted by Crippen LogP contribution is -2.62. The van der Waals surface area contributed by atoms with Crippen LogP contribution < -0.4 is 11.2 Å². The van der Waals surface area contributed by atoms with Crippen molar-refractivity contribution in [3.63, 3.8) is 0 Å². The second-order valence-corrected chi connectivity index (χ2v) is 6.40. The zero-order valence-electron chi connectivity index (χ0n) is 12.0. The fourth-order valence-electron chi connectivity index (χ4n) is 4.28. The van der Waals surface area contributed by atoms with Gasteiger partial charge in [0.05, 0.1) is 5.54 Å². The molecule has 3 N–H and O–H groups in total. The molecule has 3 nitrogen and oxygen atoms in total. The number of hydrogen-bond acceptors (Lipinski definition) is 3. The van der Waals surface area contributed by atoms with Crippen LogP contribution in [-0.2, 0) is 12.8 Å². The zero-order valence-corrected chi connectivity index (χ0v) is 12.0. The number of hydrazine groups is 1. The highest BCUT2D eigenvalue weighted by Gasteiger charge is 2.50. The quantitative estimate of drug-likeness (QED) is 0.810. The van der Waals surface area contributed by atoms with Crippen LogP contribution >= 0.6 is 0 Å². The molecule has 2 aliphatic rings. The molecule has 0 saturated heterocycles. The van der Waals surface area contributed by atoms with Crippen LogP contribution in [0.4, 0.5) is 0 Å². The fourth-order valence-corrected chi connectivity index (χ4v) is 4.28. The zero-order chi connectivity index (χ0) is 13.5. The molecule has 104 valence electrons. The van der Waals surface area contributed by atoms with Crippen molar-refractivity contribution < 1.29 is 0 Å². The van der Waals surface area contributed by atoms with Crippen LogP contribution in [0.5, 0.6) is 0 Å². The van der Waals surface area contributed by atoms with Gasteiger partial charge >= 0.3 is 0 Å². The molecule has 2 atom stereocenters. The molecule has 1 aromatic rings. The first kappa shape index (κ1) is 13.1. The average molecular weight is 259 g/mol. The van der Waals surface area contributed by atoms with E-state index in [1.807, 2.05) is 0 Å². The molecular formula is C16H25N3. The topological polar surface area (TPSA) is 41.3 Å². The lowest BCUT2D eigenvalue weighted by Gasteiger charge is -2.41. The van der Waals surface area contributed by atoms with Crippen molar-refractivity contribution in [3.05, 3.63) is 35.4 Å². The largest absolute Gasteiger partial charge is 0.329 e. The number of nitrogens with one attached hydrogen (secondary N) is 1. The van der Waals surface area contributed by atoms with Gasteiger partial charge in [-0.2, -0.15) is 0 Å². The van der Waals surface area contributed by atoms with Crippen LogP contribution in [-0.4, -0.2) is 31.2 Å². The number of hydrogen-bond donors (Lipinski definition) is 2. The van der Waals surface area contributed by atoms with Crippen molar-refractivity contribution in [2.24, 2.45) is 17.6 Å². The Morgan fingerprint density at radius 2 is 1.68 bits per heavy atom. The minimum Gasteiger partial charge on any atom is -0.329 e. The van der Waals surface area contributed by atoms with Gasteiger partial charge in [0, 0.05) is 20.6 Å². The monoisotopic (exact) mass is 259 g/mol. The Balaban J connectivity index is 1.98. The maximum Gasteiger partial charge on any atom is 0.0510 e. The Labute approximate surface area is 116 Å². The van der Waals surface area contributed by atoms with E-state index in [-0.39, 0.29) is 5.54 Å². The van der Waals surface area contributed by atoms with Gasteiger partial charge in [-0.05, 0) is 48.6 Å². The summed E-state index contributed by atoms with van der Waals surface area (Å²) in [6.07, 6.45) is 4.95. The molecule has 3 rings (SSSR count). The van der Waals surface area contributed by atoms with Crippen molar-refractivity contribution in [1.29, 1.82) is 0 Å². The number of benzene rings is 1. The minimum absolute atomic E-state index is 0.0858. The van der Waals surface area contributed by atoms with Gasteiger partial charge in [-0.25, -0.2) is 5.43 Å². The number of rotatable bonds is 3. The van der Waals surface area contributed by atoms with E-state index in [4.69, 9.17) is 5.73 Å². The lowest BCUT2D eigenvalue weighted by atomic mass is 9.79. The first-order valence-electron chi connectivity index (χ1n) is 7.37. The van der Waals surface area contributed by atoms with Crippen LogP contribution in [0.3, 0.4) is 0 Å². The standard InChI is InChI=1S/C16H25N3/c1-19(2)18-16(11-17)14-7-8-15(16)10-13-6-4-3-5-12(13)9-14/h3-6,14-15,18H,7-11,17H2,1-2H3. The summed E-state index contributed by atoms with van der Waals surface area (Å²) >= 11 is 0. The van der Waals surface area contributed by atoms with Crippen LogP contribution in [0.2, 0.25) is 0 Å². The van der Waals surface area contributed by atoms with Gasteiger partial charge in [0.1, 0.15) is 0 Å². The van der Waals surface area contributed by atoms with Crippen molar-refractivity contribution >= 4 is 0 Å². The van der Waals surface area contributed by atoms with Crippen LogP contribution in [0.15, 0.2) is 24.3 Å². The highest BCUT2D eigenvalue weighted by Crippen LogP contribution is 2.46. The molecule has 0 spiro atoms. The maximum atomic E-state index is 6.22. The van der Waals surface area contributed by atoms with Crippen LogP contribution in [0.25, 0.3) is 0 Å². The summed E-state index contributed by atoms with van der Waals surface area (Å²) in [6, 6.07) is 8.93. The van der Waals surface area contributed by atoms with Gasteiger partial charge in [-0.1, -0.05) is 24.3 Å². The fraction of sp³-hybridized carbons (Fsp3) is 0.625. The molecule has 1 fully saturated rings. The predicted octanol–water partition coefficient (Wildman–Crippen LogP) is 1.58. The van der Waals surface area contributed by atoms with E-state index in [0.29, 0.717) is 11.8 Å². The number of nitrogens with two attached hydrogens (primary N) is 1. The van der Waals surface area contributed by atoms with Crippen molar-refractivity contribution in [1.82, 2.24) is 10.4 Å². The summed E-state index contributed by atoms with van der Waals surface area (Å²) in [5.74, 6) is 1.32. The molecule has 2 unspecified atom stereocenters. The average Bonchev–Trinajstić information content (AvgIpc) is 2.61. The normalized spacial score (nSPS) is 33.3. The van der Waals surface area contributed by atoms with Gasteiger partial charge < -0.3 is 5.73 Å². The smallest absolute Gasteiger partial charge is 0.0510 e. The predicted molar refractivity (Wildman–Crippen MR) is 78.7 cm³/mol. The summed E-state index contributed by atoms with van der Waals surface area (Å²) in [5, 5.41) is 2.09. The Hall–Kier alpha value is -0.900. The SMILES string of the molecule is CN(C)NC1(CN)C2CCC1Cc1ccccc1C2. The molecule has 0 heterocycles.